The number of nitrogens with one attached hydrogen (secondary N) is 2. The number of aryl methyl sites for hydroxylation is 1. The summed E-state index contributed by atoms with van der Waals surface area (Å²) in [5.74, 6) is 0.0667. The first-order chi connectivity index (χ1) is 9.22. The van der Waals surface area contributed by atoms with Gasteiger partial charge in [-0.3, -0.25) is 4.79 Å². The highest BCUT2D eigenvalue weighted by Crippen LogP contribution is 2.08. The lowest BCUT2D eigenvalue weighted by molar-refractivity contribution is -0.119. The monoisotopic (exact) mass is 262 g/mol. The highest BCUT2D eigenvalue weighted by Gasteiger charge is 2.00. The van der Waals surface area contributed by atoms with E-state index in [0.29, 0.717) is 6.54 Å². The highest BCUT2D eigenvalue weighted by molar-refractivity contribution is 5.80. The molecule has 0 aliphatic carbocycles. The summed E-state index contributed by atoms with van der Waals surface area (Å²) < 4.78 is 0. The average Bonchev–Trinajstić information content (AvgIpc) is 2.40. The molecule has 0 fully saturated rings. The van der Waals surface area contributed by atoms with Crippen molar-refractivity contribution in [2.45, 2.75) is 46.0 Å². The molecule has 1 rings (SSSR count). The van der Waals surface area contributed by atoms with E-state index in [9.17, 15) is 4.79 Å². The summed E-state index contributed by atoms with van der Waals surface area (Å²) >= 11 is 0. The zero-order chi connectivity index (χ0) is 13.9. The number of carbonyl (C=O) groups excluding carboxylic acids is 1. The van der Waals surface area contributed by atoms with E-state index in [1.54, 1.807) is 0 Å². The minimum atomic E-state index is 0.0667. The zero-order valence-electron chi connectivity index (χ0n) is 12.2. The second kappa shape index (κ2) is 9.42. The Balaban J connectivity index is 2.08. The third-order valence-corrected chi connectivity index (χ3v) is 3.07. The quantitative estimate of drug-likeness (QED) is 0.669. The lowest BCUT2D eigenvalue weighted by Gasteiger charge is -2.08. The lowest BCUT2D eigenvalue weighted by atomic mass is 10.1. The molecule has 1 aromatic rings. The van der Waals surface area contributed by atoms with Gasteiger partial charge in [-0.2, -0.15) is 0 Å². The molecular formula is C16H26N2O. The number of benzene rings is 1. The van der Waals surface area contributed by atoms with E-state index in [4.69, 9.17) is 0 Å². The van der Waals surface area contributed by atoms with Crippen molar-refractivity contribution in [3.05, 3.63) is 29.8 Å². The van der Waals surface area contributed by atoms with Crippen LogP contribution >= 0.6 is 0 Å². The molecule has 0 saturated heterocycles. The van der Waals surface area contributed by atoms with Gasteiger partial charge in [-0.25, -0.2) is 0 Å². The molecule has 0 radical (unpaired) electrons. The Morgan fingerprint density at radius 3 is 2.68 bits per heavy atom. The third-order valence-electron chi connectivity index (χ3n) is 3.07. The summed E-state index contributed by atoms with van der Waals surface area (Å²) in [5, 5.41) is 6.08. The predicted molar refractivity (Wildman–Crippen MR) is 81.4 cm³/mol. The Hall–Kier alpha value is -1.51. The molecule has 106 valence electrons. The van der Waals surface area contributed by atoms with Crippen LogP contribution in [0.15, 0.2) is 24.3 Å². The molecule has 0 saturated carbocycles. The standard InChI is InChI=1S/C16H26N2O/c1-3-4-5-6-7-11-17-16(19)13-18-15-10-8-9-14(2)12-15/h8-10,12,18H,3-7,11,13H2,1-2H3,(H,17,19). The topological polar surface area (TPSA) is 41.1 Å². The molecule has 0 bridgehead atoms. The van der Waals surface area contributed by atoms with Crippen LogP contribution in [-0.2, 0) is 4.79 Å². The molecule has 0 unspecified atom stereocenters. The zero-order valence-corrected chi connectivity index (χ0v) is 12.2. The number of hydrogen-bond acceptors (Lipinski definition) is 2. The number of rotatable bonds is 9. The van der Waals surface area contributed by atoms with Crippen molar-refractivity contribution in [1.82, 2.24) is 5.32 Å². The van der Waals surface area contributed by atoms with Gasteiger partial charge in [0, 0.05) is 12.2 Å². The molecule has 0 heterocycles. The van der Waals surface area contributed by atoms with Crippen LogP contribution in [0.2, 0.25) is 0 Å². The van der Waals surface area contributed by atoms with Crippen molar-refractivity contribution in [3.8, 4) is 0 Å². The maximum Gasteiger partial charge on any atom is 0.239 e. The van der Waals surface area contributed by atoms with E-state index in [-0.39, 0.29) is 5.91 Å². The Bertz CT molecular complexity index is 377. The van der Waals surface area contributed by atoms with Crippen molar-refractivity contribution in [3.63, 3.8) is 0 Å². The smallest absolute Gasteiger partial charge is 0.239 e. The van der Waals surface area contributed by atoms with Crippen LogP contribution < -0.4 is 10.6 Å². The summed E-state index contributed by atoms with van der Waals surface area (Å²) in [7, 11) is 0. The second-order valence-corrected chi connectivity index (χ2v) is 4.99. The largest absolute Gasteiger partial charge is 0.376 e. The molecule has 0 spiro atoms. The van der Waals surface area contributed by atoms with Crippen molar-refractivity contribution in [2.75, 3.05) is 18.4 Å². The summed E-state index contributed by atoms with van der Waals surface area (Å²) in [6, 6.07) is 8.05. The minimum absolute atomic E-state index is 0.0667. The van der Waals surface area contributed by atoms with Crippen LogP contribution in [0.1, 0.15) is 44.6 Å². The summed E-state index contributed by atoms with van der Waals surface area (Å²) in [6.45, 7) is 5.39. The lowest BCUT2D eigenvalue weighted by Crippen LogP contribution is -2.30. The Kier molecular flexibility index (Phi) is 7.71. The van der Waals surface area contributed by atoms with Crippen LogP contribution in [0.5, 0.6) is 0 Å². The molecule has 19 heavy (non-hydrogen) atoms. The van der Waals surface area contributed by atoms with E-state index < -0.39 is 0 Å². The van der Waals surface area contributed by atoms with Gasteiger partial charge in [0.15, 0.2) is 0 Å². The second-order valence-electron chi connectivity index (χ2n) is 4.99. The molecule has 1 amide bonds. The first-order valence-corrected chi connectivity index (χ1v) is 7.29. The SMILES string of the molecule is CCCCCCCNC(=O)CNc1cccc(C)c1. The normalized spacial score (nSPS) is 10.2. The molecule has 3 nitrogen and oxygen atoms in total. The van der Waals surface area contributed by atoms with E-state index >= 15 is 0 Å². The number of amides is 1. The van der Waals surface area contributed by atoms with Crippen molar-refractivity contribution in [1.29, 1.82) is 0 Å². The fraction of sp³-hybridized carbons (Fsp3) is 0.562. The Labute approximate surface area is 116 Å². The van der Waals surface area contributed by atoms with Crippen molar-refractivity contribution >= 4 is 11.6 Å². The van der Waals surface area contributed by atoms with Crippen molar-refractivity contribution < 1.29 is 4.79 Å². The van der Waals surface area contributed by atoms with Crippen LogP contribution in [0.25, 0.3) is 0 Å². The van der Waals surface area contributed by atoms with Gasteiger partial charge in [0.1, 0.15) is 0 Å². The number of anilines is 1. The van der Waals surface area contributed by atoms with Gasteiger partial charge in [0.2, 0.25) is 5.91 Å². The van der Waals surface area contributed by atoms with Gasteiger partial charge in [0.25, 0.3) is 0 Å². The third kappa shape index (κ3) is 7.50. The van der Waals surface area contributed by atoms with E-state index in [1.165, 1.54) is 31.2 Å². The maximum atomic E-state index is 11.6. The molecule has 1 aromatic carbocycles. The van der Waals surface area contributed by atoms with Gasteiger partial charge in [-0.15, -0.1) is 0 Å². The fourth-order valence-electron chi connectivity index (χ4n) is 1.96. The first kappa shape index (κ1) is 15.5. The minimum Gasteiger partial charge on any atom is -0.376 e. The first-order valence-electron chi connectivity index (χ1n) is 7.29. The summed E-state index contributed by atoms with van der Waals surface area (Å²) in [6.07, 6.45) is 6.11. The van der Waals surface area contributed by atoms with Gasteiger partial charge in [-0.05, 0) is 31.0 Å². The summed E-state index contributed by atoms with van der Waals surface area (Å²) in [4.78, 5) is 11.6. The molecule has 2 N–H and O–H groups in total. The maximum absolute atomic E-state index is 11.6. The van der Waals surface area contributed by atoms with Crippen LogP contribution in [0, 0.1) is 6.92 Å². The van der Waals surface area contributed by atoms with Crippen LogP contribution in [0.3, 0.4) is 0 Å². The Morgan fingerprint density at radius 1 is 1.16 bits per heavy atom. The van der Waals surface area contributed by atoms with Crippen molar-refractivity contribution in [2.24, 2.45) is 0 Å². The highest BCUT2D eigenvalue weighted by atomic mass is 16.1. The molecule has 0 aliphatic heterocycles. The van der Waals surface area contributed by atoms with Gasteiger partial charge >= 0.3 is 0 Å². The molecule has 0 aromatic heterocycles. The van der Waals surface area contributed by atoms with E-state index in [0.717, 1.165) is 18.7 Å². The van der Waals surface area contributed by atoms with E-state index in [1.807, 2.05) is 31.2 Å². The predicted octanol–water partition coefficient (Wildman–Crippen LogP) is 3.49. The van der Waals surface area contributed by atoms with Gasteiger partial charge < -0.3 is 10.6 Å². The van der Waals surface area contributed by atoms with Crippen LogP contribution in [0.4, 0.5) is 5.69 Å². The van der Waals surface area contributed by atoms with Gasteiger partial charge in [-0.1, -0.05) is 44.7 Å². The van der Waals surface area contributed by atoms with Crippen LogP contribution in [-0.4, -0.2) is 19.0 Å². The molecule has 0 atom stereocenters. The summed E-state index contributed by atoms with van der Waals surface area (Å²) in [5.41, 5.74) is 2.19. The number of unbranched alkanes of at least 4 members (excludes halogenated alkanes) is 4. The fourth-order valence-corrected chi connectivity index (χ4v) is 1.96. The Morgan fingerprint density at radius 2 is 1.95 bits per heavy atom. The molecule has 0 aliphatic rings. The number of carbonyl (C=O) groups is 1. The molecule has 3 heteroatoms. The molecular weight excluding hydrogens is 236 g/mol. The average molecular weight is 262 g/mol. The van der Waals surface area contributed by atoms with E-state index in [2.05, 4.69) is 17.6 Å². The number of hydrogen-bond donors (Lipinski definition) is 2. The van der Waals surface area contributed by atoms with Gasteiger partial charge in [0.05, 0.1) is 6.54 Å².